The number of hydrogen-bond acceptors (Lipinski definition) is 2. The Balaban J connectivity index is 1.56. The minimum atomic E-state index is -0.268. The lowest BCUT2D eigenvalue weighted by Crippen LogP contribution is -2.33. The summed E-state index contributed by atoms with van der Waals surface area (Å²) in [6.45, 7) is 1.50. The van der Waals surface area contributed by atoms with Crippen LogP contribution >= 0.6 is 0 Å². The number of fused-ring (bicyclic) bond motifs is 1. The maximum absolute atomic E-state index is 5.78. The van der Waals surface area contributed by atoms with Crippen LogP contribution in [0.5, 0.6) is 0 Å². The highest BCUT2D eigenvalue weighted by Gasteiger charge is 2.38. The van der Waals surface area contributed by atoms with Crippen molar-refractivity contribution in [3.8, 4) is 0 Å². The largest absolute Gasteiger partial charge is 0.348 e. The van der Waals surface area contributed by atoms with Gasteiger partial charge in [0.15, 0.2) is 5.79 Å². The summed E-state index contributed by atoms with van der Waals surface area (Å²) in [6.07, 6.45) is 8.52. The maximum atomic E-state index is 5.78. The SMILES string of the molecule is C(=C1CCC2(CC1)OCCO2)n1ccc2ccccc21. The van der Waals surface area contributed by atoms with E-state index in [9.17, 15) is 0 Å². The van der Waals surface area contributed by atoms with E-state index >= 15 is 0 Å². The summed E-state index contributed by atoms with van der Waals surface area (Å²) in [5.41, 5.74) is 2.75. The minimum absolute atomic E-state index is 0.268. The van der Waals surface area contributed by atoms with Gasteiger partial charge in [-0.2, -0.15) is 0 Å². The van der Waals surface area contributed by atoms with Gasteiger partial charge in [0, 0.05) is 25.2 Å². The molecule has 1 saturated heterocycles. The van der Waals surface area contributed by atoms with Gasteiger partial charge in [0.05, 0.1) is 18.7 Å². The van der Waals surface area contributed by atoms with E-state index < -0.39 is 0 Å². The predicted octanol–water partition coefficient (Wildman–Crippen LogP) is 3.80. The molecule has 0 N–H and O–H groups in total. The van der Waals surface area contributed by atoms with Crippen molar-refractivity contribution in [3.05, 3.63) is 42.1 Å². The highest BCUT2D eigenvalue weighted by molar-refractivity contribution is 5.82. The normalized spacial score (nSPS) is 21.7. The van der Waals surface area contributed by atoms with Gasteiger partial charge in [-0.15, -0.1) is 0 Å². The molecule has 0 amide bonds. The van der Waals surface area contributed by atoms with Crippen molar-refractivity contribution in [2.45, 2.75) is 31.5 Å². The number of rotatable bonds is 1. The van der Waals surface area contributed by atoms with E-state index in [4.69, 9.17) is 9.47 Å². The van der Waals surface area contributed by atoms with Gasteiger partial charge < -0.3 is 14.0 Å². The van der Waals surface area contributed by atoms with E-state index in [1.54, 1.807) is 0 Å². The fourth-order valence-electron chi connectivity index (χ4n) is 3.28. The van der Waals surface area contributed by atoms with E-state index in [0.717, 1.165) is 38.9 Å². The van der Waals surface area contributed by atoms with Crippen LogP contribution in [0.3, 0.4) is 0 Å². The Kier molecular flexibility index (Phi) is 2.90. The summed E-state index contributed by atoms with van der Waals surface area (Å²) in [5, 5.41) is 1.29. The van der Waals surface area contributed by atoms with Gasteiger partial charge in [0.2, 0.25) is 0 Å². The van der Waals surface area contributed by atoms with Crippen LogP contribution in [0.2, 0.25) is 0 Å². The van der Waals surface area contributed by atoms with Gasteiger partial charge in [-0.3, -0.25) is 0 Å². The average Bonchev–Trinajstić information content (AvgIpc) is 3.10. The van der Waals surface area contributed by atoms with Crippen LogP contribution in [0.4, 0.5) is 0 Å². The maximum Gasteiger partial charge on any atom is 0.169 e. The summed E-state index contributed by atoms with van der Waals surface area (Å²) in [5.74, 6) is -0.268. The molecule has 1 spiro atoms. The first-order chi connectivity index (χ1) is 9.85. The van der Waals surface area contributed by atoms with Crippen LogP contribution in [-0.4, -0.2) is 23.6 Å². The Bertz CT molecular complexity index is 638. The Morgan fingerprint density at radius 2 is 1.75 bits per heavy atom. The first-order valence-electron chi connectivity index (χ1n) is 7.38. The zero-order chi connectivity index (χ0) is 13.4. The number of allylic oxidation sites excluding steroid dienone is 1. The first-order valence-corrected chi connectivity index (χ1v) is 7.38. The fraction of sp³-hybridized carbons (Fsp3) is 0.412. The van der Waals surface area contributed by atoms with Crippen molar-refractivity contribution in [1.29, 1.82) is 0 Å². The molecule has 104 valence electrons. The lowest BCUT2D eigenvalue weighted by atomic mass is 9.90. The molecule has 1 aliphatic heterocycles. The van der Waals surface area contributed by atoms with Gasteiger partial charge >= 0.3 is 0 Å². The number of ether oxygens (including phenoxy) is 2. The number of benzene rings is 1. The summed E-state index contributed by atoms with van der Waals surface area (Å²) in [4.78, 5) is 0. The van der Waals surface area contributed by atoms with Crippen LogP contribution in [0.15, 0.2) is 42.1 Å². The molecule has 1 aromatic heterocycles. The number of para-hydroxylation sites is 1. The van der Waals surface area contributed by atoms with Crippen LogP contribution in [0.25, 0.3) is 17.1 Å². The summed E-state index contributed by atoms with van der Waals surface area (Å²) in [7, 11) is 0. The Hall–Kier alpha value is -1.58. The molecule has 20 heavy (non-hydrogen) atoms. The molecule has 3 heteroatoms. The third-order valence-corrected chi connectivity index (χ3v) is 4.42. The lowest BCUT2D eigenvalue weighted by Gasteiger charge is -2.32. The quantitative estimate of drug-likeness (QED) is 0.786. The second-order valence-corrected chi connectivity index (χ2v) is 5.68. The first kappa shape index (κ1) is 12.2. The van der Waals surface area contributed by atoms with Crippen molar-refractivity contribution in [3.63, 3.8) is 0 Å². The Morgan fingerprint density at radius 3 is 2.55 bits per heavy atom. The molecule has 0 bridgehead atoms. The molecule has 2 aliphatic rings. The zero-order valence-electron chi connectivity index (χ0n) is 11.5. The van der Waals surface area contributed by atoms with Crippen molar-refractivity contribution in [2.75, 3.05) is 13.2 Å². The van der Waals surface area contributed by atoms with Crippen molar-refractivity contribution < 1.29 is 9.47 Å². The van der Waals surface area contributed by atoms with Gasteiger partial charge in [0.1, 0.15) is 0 Å². The molecule has 2 fully saturated rings. The average molecular weight is 269 g/mol. The van der Waals surface area contributed by atoms with E-state index in [0.29, 0.717) is 0 Å². The molecular formula is C17H19NO2. The number of hydrogen-bond donors (Lipinski definition) is 0. The molecule has 1 saturated carbocycles. The molecule has 0 atom stereocenters. The van der Waals surface area contributed by atoms with E-state index in [2.05, 4.69) is 47.3 Å². The van der Waals surface area contributed by atoms with Gasteiger partial charge in [0.25, 0.3) is 0 Å². The van der Waals surface area contributed by atoms with Crippen LogP contribution in [0, 0.1) is 0 Å². The van der Waals surface area contributed by atoms with E-state index in [-0.39, 0.29) is 5.79 Å². The summed E-state index contributed by atoms with van der Waals surface area (Å²) < 4.78 is 13.8. The van der Waals surface area contributed by atoms with Crippen LogP contribution in [0.1, 0.15) is 25.7 Å². The number of nitrogens with zero attached hydrogens (tertiary/aromatic N) is 1. The molecule has 1 aliphatic carbocycles. The van der Waals surface area contributed by atoms with Crippen LogP contribution < -0.4 is 0 Å². The molecule has 2 aromatic rings. The zero-order valence-corrected chi connectivity index (χ0v) is 11.5. The van der Waals surface area contributed by atoms with Crippen molar-refractivity contribution in [1.82, 2.24) is 4.57 Å². The lowest BCUT2D eigenvalue weighted by molar-refractivity contribution is -0.171. The molecule has 0 radical (unpaired) electrons. The predicted molar refractivity (Wildman–Crippen MR) is 79.3 cm³/mol. The van der Waals surface area contributed by atoms with Crippen molar-refractivity contribution in [2.24, 2.45) is 0 Å². The van der Waals surface area contributed by atoms with Gasteiger partial charge in [-0.05, 0) is 30.4 Å². The second-order valence-electron chi connectivity index (χ2n) is 5.68. The highest BCUT2D eigenvalue weighted by Crippen LogP contribution is 2.38. The smallest absolute Gasteiger partial charge is 0.169 e. The molecule has 3 nitrogen and oxygen atoms in total. The molecule has 4 rings (SSSR count). The molecule has 2 heterocycles. The second kappa shape index (κ2) is 4.76. The minimum Gasteiger partial charge on any atom is -0.348 e. The molecule has 0 unspecified atom stereocenters. The fourth-order valence-corrected chi connectivity index (χ4v) is 3.28. The van der Waals surface area contributed by atoms with E-state index in [1.165, 1.54) is 16.5 Å². The topological polar surface area (TPSA) is 23.4 Å². The van der Waals surface area contributed by atoms with Gasteiger partial charge in [-0.25, -0.2) is 0 Å². The third kappa shape index (κ3) is 2.07. The Labute approximate surface area is 118 Å². The van der Waals surface area contributed by atoms with Gasteiger partial charge in [-0.1, -0.05) is 23.8 Å². The molecule has 1 aromatic carbocycles. The van der Waals surface area contributed by atoms with Crippen LogP contribution in [-0.2, 0) is 9.47 Å². The van der Waals surface area contributed by atoms with E-state index in [1.807, 2.05) is 0 Å². The summed E-state index contributed by atoms with van der Waals surface area (Å²) >= 11 is 0. The summed E-state index contributed by atoms with van der Waals surface area (Å²) in [6, 6.07) is 10.7. The molecular weight excluding hydrogens is 250 g/mol. The number of aromatic nitrogens is 1. The highest BCUT2D eigenvalue weighted by atomic mass is 16.7. The monoisotopic (exact) mass is 269 g/mol. The van der Waals surface area contributed by atoms with Crippen molar-refractivity contribution >= 4 is 17.1 Å². The third-order valence-electron chi connectivity index (χ3n) is 4.42. The Morgan fingerprint density at radius 1 is 1.00 bits per heavy atom. The standard InChI is InChI=1S/C17H19NO2/c1-2-4-16-15(3-1)7-10-18(16)13-14-5-8-17(9-6-14)19-11-12-20-17/h1-4,7,10,13H,5-6,8-9,11-12H2.